The van der Waals surface area contributed by atoms with Crippen molar-refractivity contribution in [3.05, 3.63) is 34.3 Å². The topological polar surface area (TPSA) is 52.6 Å². The van der Waals surface area contributed by atoms with E-state index in [2.05, 4.69) is 15.9 Å². The Morgan fingerprint density at radius 2 is 1.67 bits per heavy atom. The van der Waals surface area contributed by atoms with Crippen LogP contribution in [-0.2, 0) is 13.6 Å². The zero-order valence-corrected chi connectivity index (χ0v) is 12.9. The van der Waals surface area contributed by atoms with E-state index in [1.807, 2.05) is 0 Å². The normalized spacial score (nSPS) is 11.5. The van der Waals surface area contributed by atoms with Gasteiger partial charge in [-0.2, -0.15) is 0 Å². The lowest BCUT2D eigenvalue weighted by Gasteiger charge is -2.16. The zero-order valence-electron chi connectivity index (χ0n) is 10.4. The summed E-state index contributed by atoms with van der Waals surface area (Å²) in [4.78, 5) is 12.0. The summed E-state index contributed by atoms with van der Waals surface area (Å²) in [6.45, 7) is 3.95. The first-order chi connectivity index (χ1) is 8.50. The summed E-state index contributed by atoms with van der Waals surface area (Å²) in [7, 11) is -3.31. The Balaban J connectivity index is 2.78. The molecule has 0 aliphatic rings. The number of hydrogen-bond acceptors (Lipinski definition) is 4. The number of Topliss-reactive ketones (excluding diaryl/α,β-unsaturated/α-hetero) is 1. The molecule has 0 heterocycles. The SMILES string of the molecule is CCOP(=O)(CC(=O)c1ccc(Br)cc1)OCC. The summed E-state index contributed by atoms with van der Waals surface area (Å²) in [5, 5.41) is 0. The highest BCUT2D eigenvalue weighted by molar-refractivity contribution is 9.10. The second-order valence-corrected chi connectivity index (χ2v) is 6.50. The van der Waals surface area contributed by atoms with E-state index in [0.717, 1.165) is 4.47 Å². The average molecular weight is 335 g/mol. The minimum absolute atomic E-state index is 0.226. The molecule has 1 aromatic rings. The van der Waals surface area contributed by atoms with Gasteiger partial charge in [0.2, 0.25) is 0 Å². The van der Waals surface area contributed by atoms with Gasteiger partial charge in [0.25, 0.3) is 0 Å². The van der Waals surface area contributed by atoms with Crippen LogP contribution in [0.2, 0.25) is 0 Å². The molecule has 0 N–H and O–H groups in total. The highest BCUT2D eigenvalue weighted by Crippen LogP contribution is 2.48. The number of ketones is 1. The molecule has 0 saturated heterocycles. The van der Waals surface area contributed by atoms with Crippen molar-refractivity contribution in [1.29, 1.82) is 0 Å². The van der Waals surface area contributed by atoms with Gasteiger partial charge in [-0.25, -0.2) is 0 Å². The Labute approximate surface area is 115 Å². The van der Waals surface area contributed by atoms with Crippen LogP contribution in [0, 0.1) is 0 Å². The van der Waals surface area contributed by atoms with E-state index < -0.39 is 7.60 Å². The van der Waals surface area contributed by atoms with E-state index in [1.54, 1.807) is 38.1 Å². The molecular weight excluding hydrogens is 319 g/mol. The Kier molecular flexibility index (Phi) is 6.22. The number of carbonyl (C=O) groups is 1. The van der Waals surface area contributed by atoms with Crippen molar-refractivity contribution in [3.63, 3.8) is 0 Å². The van der Waals surface area contributed by atoms with E-state index in [-0.39, 0.29) is 25.2 Å². The Bertz CT molecular complexity index is 434. The predicted octanol–water partition coefficient (Wildman–Crippen LogP) is 3.90. The van der Waals surface area contributed by atoms with E-state index >= 15 is 0 Å². The molecule has 0 unspecified atom stereocenters. The van der Waals surface area contributed by atoms with Crippen LogP contribution in [0.1, 0.15) is 24.2 Å². The molecular formula is C12H16BrO4P. The van der Waals surface area contributed by atoms with Gasteiger partial charge in [-0.15, -0.1) is 0 Å². The maximum absolute atomic E-state index is 12.2. The summed E-state index contributed by atoms with van der Waals surface area (Å²) >= 11 is 3.29. The standard InChI is InChI=1S/C12H16BrO4P/c1-3-16-18(15,17-4-2)9-12(14)10-5-7-11(13)8-6-10/h5-8H,3-4,9H2,1-2H3. The molecule has 1 rings (SSSR count). The van der Waals surface area contributed by atoms with E-state index in [4.69, 9.17) is 9.05 Å². The van der Waals surface area contributed by atoms with Gasteiger partial charge in [0, 0.05) is 10.0 Å². The maximum Gasteiger partial charge on any atom is 0.338 e. The molecule has 0 bridgehead atoms. The van der Waals surface area contributed by atoms with Crippen LogP contribution in [0.3, 0.4) is 0 Å². The predicted molar refractivity (Wildman–Crippen MR) is 74.2 cm³/mol. The number of halogens is 1. The van der Waals surface area contributed by atoms with Gasteiger partial charge in [-0.3, -0.25) is 9.36 Å². The van der Waals surface area contributed by atoms with Gasteiger partial charge in [0.15, 0.2) is 5.78 Å². The van der Waals surface area contributed by atoms with Crippen molar-refractivity contribution in [3.8, 4) is 0 Å². The zero-order chi connectivity index (χ0) is 13.6. The van der Waals surface area contributed by atoms with Crippen molar-refractivity contribution in [1.82, 2.24) is 0 Å². The fraction of sp³-hybridized carbons (Fsp3) is 0.417. The second-order valence-electron chi connectivity index (χ2n) is 3.53. The molecule has 0 spiro atoms. The molecule has 0 aliphatic carbocycles. The van der Waals surface area contributed by atoms with E-state index in [9.17, 15) is 9.36 Å². The summed E-state index contributed by atoms with van der Waals surface area (Å²) in [6.07, 6.45) is -0.226. The molecule has 4 nitrogen and oxygen atoms in total. The van der Waals surface area contributed by atoms with Crippen molar-refractivity contribution in [2.75, 3.05) is 19.4 Å². The molecule has 0 radical (unpaired) electrons. The third-order valence-electron chi connectivity index (χ3n) is 2.16. The molecule has 100 valence electrons. The molecule has 6 heteroatoms. The van der Waals surface area contributed by atoms with Crippen molar-refractivity contribution < 1.29 is 18.4 Å². The smallest absolute Gasteiger partial charge is 0.309 e. The average Bonchev–Trinajstić information content (AvgIpc) is 2.30. The van der Waals surface area contributed by atoms with Crippen molar-refractivity contribution in [2.45, 2.75) is 13.8 Å². The number of rotatable bonds is 7. The molecule has 1 aromatic carbocycles. The minimum Gasteiger partial charge on any atom is -0.309 e. The quantitative estimate of drug-likeness (QED) is 0.560. The number of carbonyl (C=O) groups excluding carboxylic acids is 1. The van der Waals surface area contributed by atoms with Crippen molar-refractivity contribution >= 4 is 29.3 Å². The van der Waals surface area contributed by atoms with Crippen LogP contribution in [0.5, 0.6) is 0 Å². The third-order valence-corrected chi connectivity index (χ3v) is 4.66. The minimum atomic E-state index is -3.31. The number of hydrogen-bond donors (Lipinski definition) is 0. The molecule has 0 fully saturated rings. The summed E-state index contributed by atoms with van der Waals surface area (Å²) in [6, 6.07) is 6.88. The first-order valence-electron chi connectivity index (χ1n) is 5.67. The van der Waals surface area contributed by atoms with Crippen molar-refractivity contribution in [2.24, 2.45) is 0 Å². The molecule has 18 heavy (non-hydrogen) atoms. The summed E-state index contributed by atoms with van der Waals surface area (Å²) < 4.78 is 23.3. The lowest BCUT2D eigenvalue weighted by Crippen LogP contribution is -2.10. The monoisotopic (exact) mass is 334 g/mol. The second kappa shape index (κ2) is 7.19. The first-order valence-corrected chi connectivity index (χ1v) is 8.19. The van der Waals surface area contributed by atoms with Crippen LogP contribution in [0.4, 0.5) is 0 Å². The van der Waals surface area contributed by atoms with Gasteiger partial charge in [-0.1, -0.05) is 28.1 Å². The van der Waals surface area contributed by atoms with Gasteiger partial charge in [0.05, 0.1) is 13.2 Å². The lowest BCUT2D eigenvalue weighted by atomic mass is 10.2. The lowest BCUT2D eigenvalue weighted by molar-refractivity contribution is 0.100. The Morgan fingerprint density at radius 3 is 2.11 bits per heavy atom. The highest BCUT2D eigenvalue weighted by atomic mass is 79.9. The molecule has 0 aliphatic heterocycles. The van der Waals surface area contributed by atoms with Crippen LogP contribution in [0.15, 0.2) is 28.7 Å². The molecule has 0 saturated carbocycles. The maximum atomic E-state index is 12.2. The largest absolute Gasteiger partial charge is 0.338 e. The van der Waals surface area contributed by atoms with Gasteiger partial charge < -0.3 is 9.05 Å². The van der Waals surface area contributed by atoms with E-state index in [1.165, 1.54) is 0 Å². The van der Waals surface area contributed by atoms with Crippen LogP contribution in [-0.4, -0.2) is 25.2 Å². The fourth-order valence-corrected chi connectivity index (χ4v) is 3.27. The van der Waals surface area contributed by atoms with Crippen LogP contribution >= 0.6 is 23.5 Å². The van der Waals surface area contributed by atoms with E-state index in [0.29, 0.717) is 5.56 Å². The highest BCUT2D eigenvalue weighted by Gasteiger charge is 2.27. The first kappa shape index (κ1) is 15.6. The molecule has 0 aromatic heterocycles. The van der Waals surface area contributed by atoms with Gasteiger partial charge in [0.1, 0.15) is 6.16 Å². The number of benzene rings is 1. The molecule has 0 amide bonds. The summed E-state index contributed by atoms with van der Waals surface area (Å²) in [5.74, 6) is -0.243. The van der Waals surface area contributed by atoms with Gasteiger partial charge >= 0.3 is 7.60 Å². The molecule has 0 atom stereocenters. The summed E-state index contributed by atoms with van der Waals surface area (Å²) in [5.41, 5.74) is 0.498. The van der Waals surface area contributed by atoms with Crippen LogP contribution < -0.4 is 0 Å². The van der Waals surface area contributed by atoms with Gasteiger partial charge in [-0.05, 0) is 26.0 Å². The Morgan fingerprint density at radius 1 is 1.17 bits per heavy atom. The Hall–Kier alpha value is -0.480. The van der Waals surface area contributed by atoms with Crippen LogP contribution in [0.25, 0.3) is 0 Å². The fourth-order valence-electron chi connectivity index (χ4n) is 1.42. The third kappa shape index (κ3) is 4.65.